The van der Waals surface area contributed by atoms with E-state index in [4.69, 9.17) is 4.74 Å². The van der Waals surface area contributed by atoms with Gasteiger partial charge < -0.3 is 9.64 Å². The maximum atomic E-state index is 11.8. The first-order chi connectivity index (χ1) is 6.49. The first-order valence-corrected chi connectivity index (χ1v) is 5.26. The lowest BCUT2D eigenvalue weighted by atomic mass is 10.1. The highest BCUT2D eigenvalue weighted by Gasteiger charge is 2.17. The second-order valence-electron chi connectivity index (χ2n) is 4.33. The van der Waals surface area contributed by atoms with Crippen LogP contribution in [0.2, 0.25) is 0 Å². The van der Waals surface area contributed by atoms with Crippen LogP contribution in [0.5, 0.6) is 0 Å². The highest BCUT2D eigenvalue weighted by molar-refractivity contribution is 5.78. The fraction of sp³-hybridized carbons (Fsp3) is 0.909. The Morgan fingerprint density at radius 2 is 1.86 bits per heavy atom. The second-order valence-corrected chi connectivity index (χ2v) is 4.33. The molecule has 0 bridgehead atoms. The molecule has 0 radical (unpaired) electrons. The Bertz CT molecular complexity index is 167. The van der Waals surface area contributed by atoms with Crippen LogP contribution in [0.4, 0.5) is 0 Å². The Hall–Kier alpha value is -0.570. The fourth-order valence-corrected chi connectivity index (χ4v) is 1.30. The van der Waals surface area contributed by atoms with Gasteiger partial charge in [0.15, 0.2) is 0 Å². The normalized spacial score (nSPS) is 11.1. The zero-order valence-corrected chi connectivity index (χ0v) is 10.0. The molecule has 0 saturated heterocycles. The van der Waals surface area contributed by atoms with Gasteiger partial charge in [0, 0.05) is 26.1 Å². The second kappa shape index (κ2) is 6.82. The van der Waals surface area contributed by atoms with Crippen molar-refractivity contribution in [3.63, 3.8) is 0 Å². The van der Waals surface area contributed by atoms with Gasteiger partial charge in [-0.3, -0.25) is 4.79 Å². The van der Waals surface area contributed by atoms with Crippen molar-refractivity contribution in [3.8, 4) is 0 Å². The summed E-state index contributed by atoms with van der Waals surface area (Å²) < 4.78 is 4.99. The van der Waals surface area contributed by atoms with Crippen LogP contribution < -0.4 is 0 Å². The van der Waals surface area contributed by atoms with Crippen LogP contribution in [-0.4, -0.2) is 37.6 Å². The van der Waals surface area contributed by atoms with Crippen LogP contribution in [0.3, 0.4) is 0 Å². The molecule has 1 amide bonds. The summed E-state index contributed by atoms with van der Waals surface area (Å²) in [5.74, 6) is 0.802. The van der Waals surface area contributed by atoms with Gasteiger partial charge in [0.05, 0.1) is 6.61 Å². The molecule has 0 unspecified atom stereocenters. The maximum absolute atomic E-state index is 11.8. The zero-order valence-electron chi connectivity index (χ0n) is 10.0. The molecule has 0 aromatic carbocycles. The van der Waals surface area contributed by atoms with Crippen LogP contribution in [-0.2, 0) is 9.53 Å². The predicted octanol–water partition coefficient (Wildman–Crippen LogP) is 1.77. The van der Waals surface area contributed by atoms with Crippen molar-refractivity contribution in [1.82, 2.24) is 4.90 Å². The predicted molar refractivity (Wildman–Crippen MR) is 58.1 cm³/mol. The summed E-state index contributed by atoms with van der Waals surface area (Å²) in [6.45, 7) is 10.2. The molecule has 0 fully saturated rings. The summed E-state index contributed by atoms with van der Waals surface area (Å²) in [5.41, 5.74) is 0. The minimum atomic E-state index is 0.0746. The smallest absolute Gasteiger partial charge is 0.225 e. The first kappa shape index (κ1) is 13.4. The topological polar surface area (TPSA) is 29.5 Å². The largest absolute Gasteiger partial charge is 0.383 e. The van der Waals surface area contributed by atoms with Gasteiger partial charge in [-0.15, -0.1) is 0 Å². The third-order valence-corrected chi connectivity index (χ3v) is 1.96. The van der Waals surface area contributed by atoms with Gasteiger partial charge in [-0.05, 0) is 5.92 Å². The van der Waals surface area contributed by atoms with Gasteiger partial charge in [-0.2, -0.15) is 0 Å². The van der Waals surface area contributed by atoms with Gasteiger partial charge in [-0.1, -0.05) is 27.7 Å². The van der Waals surface area contributed by atoms with E-state index in [-0.39, 0.29) is 11.8 Å². The Kier molecular flexibility index (Phi) is 6.54. The number of ether oxygens (including phenoxy) is 1. The lowest BCUT2D eigenvalue weighted by Gasteiger charge is -2.26. The number of nitrogens with zero attached hydrogens (tertiary/aromatic N) is 1. The molecule has 84 valence electrons. The number of hydrogen-bond donors (Lipinski definition) is 0. The Labute approximate surface area is 87.4 Å². The van der Waals surface area contributed by atoms with E-state index in [1.54, 1.807) is 7.11 Å². The molecule has 0 spiro atoms. The lowest BCUT2D eigenvalue weighted by Crippen LogP contribution is -2.39. The quantitative estimate of drug-likeness (QED) is 0.655. The molecule has 0 aromatic heterocycles. The van der Waals surface area contributed by atoms with Crippen molar-refractivity contribution >= 4 is 5.91 Å². The van der Waals surface area contributed by atoms with Gasteiger partial charge in [0.1, 0.15) is 0 Å². The summed E-state index contributed by atoms with van der Waals surface area (Å²) >= 11 is 0. The zero-order chi connectivity index (χ0) is 11.1. The van der Waals surface area contributed by atoms with E-state index in [2.05, 4.69) is 13.8 Å². The summed E-state index contributed by atoms with van der Waals surface area (Å²) in [5, 5.41) is 0. The molecule has 0 aliphatic rings. The van der Waals surface area contributed by atoms with Crippen LogP contribution in [0.25, 0.3) is 0 Å². The molecule has 0 aliphatic carbocycles. The summed E-state index contributed by atoms with van der Waals surface area (Å²) in [6.07, 6.45) is 0. The molecule has 0 N–H and O–H groups in total. The van der Waals surface area contributed by atoms with Crippen molar-refractivity contribution < 1.29 is 9.53 Å². The maximum Gasteiger partial charge on any atom is 0.225 e. The van der Waals surface area contributed by atoms with Crippen molar-refractivity contribution in [1.29, 1.82) is 0 Å². The van der Waals surface area contributed by atoms with E-state index in [0.717, 1.165) is 6.54 Å². The molecule has 14 heavy (non-hydrogen) atoms. The Morgan fingerprint density at radius 1 is 1.29 bits per heavy atom. The molecule has 0 aliphatic heterocycles. The van der Waals surface area contributed by atoms with E-state index in [1.165, 1.54) is 0 Å². The summed E-state index contributed by atoms with van der Waals surface area (Å²) in [6, 6.07) is 0. The van der Waals surface area contributed by atoms with E-state index in [9.17, 15) is 4.79 Å². The van der Waals surface area contributed by atoms with E-state index < -0.39 is 0 Å². The SMILES string of the molecule is COCCN(CC(C)C)C(=O)C(C)C. The number of hydrogen-bond acceptors (Lipinski definition) is 2. The number of rotatable bonds is 6. The van der Waals surface area contributed by atoms with E-state index >= 15 is 0 Å². The van der Waals surface area contributed by atoms with Gasteiger partial charge >= 0.3 is 0 Å². The number of carbonyl (C=O) groups excluding carboxylic acids is 1. The van der Waals surface area contributed by atoms with E-state index in [1.807, 2.05) is 18.7 Å². The molecule has 0 saturated carbocycles. The number of amides is 1. The van der Waals surface area contributed by atoms with Crippen LogP contribution in [0.15, 0.2) is 0 Å². The molecule has 0 heterocycles. The molecule has 0 atom stereocenters. The molecule has 3 nitrogen and oxygen atoms in total. The summed E-state index contributed by atoms with van der Waals surface area (Å²) in [7, 11) is 1.66. The van der Waals surface area contributed by atoms with Crippen LogP contribution >= 0.6 is 0 Å². The fourth-order valence-electron chi connectivity index (χ4n) is 1.30. The van der Waals surface area contributed by atoms with Crippen molar-refractivity contribution in [2.45, 2.75) is 27.7 Å². The lowest BCUT2D eigenvalue weighted by molar-refractivity contribution is -0.135. The molecule has 3 heteroatoms. The minimum absolute atomic E-state index is 0.0746. The van der Waals surface area contributed by atoms with Gasteiger partial charge in [0.25, 0.3) is 0 Å². The van der Waals surface area contributed by atoms with Gasteiger partial charge in [0.2, 0.25) is 5.91 Å². The summed E-state index contributed by atoms with van der Waals surface area (Å²) in [4.78, 5) is 13.6. The third kappa shape index (κ3) is 5.22. The Morgan fingerprint density at radius 3 is 2.21 bits per heavy atom. The third-order valence-electron chi connectivity index (χ3n) is 1.96. The Balaban J connectivity index is 4.15. The first-order valence-electron chi connectivity index (χ1n) is 5.26. The monoisotopic (exact) mass is 201 g/mol. The highest BCUT2D eigenvalue weighted by Crippen LogP contribution is 2.05. The molecule has 0 rings (SSSR count). The number of methoxy groups -OCH3 is 1. The standard InChI is InChI=1S/C11H23NO2/c1-9(2)8-12(6-7-14-5)11(13)10(3)4/h9-10H,6-8H2,1-5H3. The van der Waals surface area contributed by atoms with Crippen molar-refractivity contribution in [2.24, 2.45) is 11.8 Å². The van der Waals surface area contributed by atoms with Crippen LogP contribution in [0, 0.1) is 11.8 Å². The average Bonchev–Trinajstić information content (AvgIpc) is 2.10. The van der Waals surface area contributed by atoms with Gasteiger partial charge in [-0.25, -0.2) is 0 Å². The van der Waals surface area contributed by atoms with Crippen molar-refractivity contribution in [2.75, 3.05) is 26.8 Å². The van der Waals surface area contributed by atoms with Crippen LogP contribution in [0.1, 0.15) is 27.7 Å². The number of carbonyl (C=O) groups is 1. The highest BCUT2D eigenvalue weighted by atomic mass is 16.5. The molecular formula is C11H23NO2. The average molecular weight is 201 g/mol. The minimum Gasteiger partial charge on any atom is -0.383 e. The van der Waals surface area contributed by atoms with E-state index in [0.29, 0.717) is 19.1 Å². The van der Waals surface area contributed by atoms with Crippen molar-refractivity contribution in [3.05, 3.63) is 0 Å². The molecular weight excluding hydrogens is 178 g/mol. The molecule has 0 aromatic rings.